The quantitative estimate of drug-likeness (QED) is 0.780. The van der Waals surface area contributed by atoms with Gasteiger partial charge in [0.2, 0.25) is 5.91 Å². The number of aromatic nitrogens is 1. The molecule has 0 aromatic carbocycles. The minimum atomic E-state index is 0.0741. The van der Waals surface area contributed by atoms with E-state index in [2.05, 4.69) is 16.9 Å². The van der Waals surface area contributed by atoms with Crippen molar-refractivity contribution in [1.82, 2.24) is 19.7 Å². The molecule has 2 amide bonds. The molecule has 3 heterocycles. The topological polar surface area (TPSA) is 56.8 Å². The Labute approximate surface area is 168 Å². The van der Waals surface area contributed by atoms with E-state index in [0.29, 0.717) is 23.9 Å². The molecule has 0 bridgehead atoms. The summed E-state index contributed by atoms with van der Waals surface area (Å²) in [5.74, 6) is 0.732. The average molecular weight is 387 g/mol. The number of piperidine rings is 2. The molecule has 2 aliphatic heterocycles. The van der Waals surface area contributed by atoms with Crippen LogP contribution in [0.1, 0.15) is 54.6 Å². The highest BCUT2D eigenvalue weighted by Crippen LogP contribution is 2.24. The number of nitrogens with zero attached hydrogens (tertiary/aromatic N) is 4. The molecule has 154 valence electrons. The van der Waals surface area contributed by atoms with Gasteiger partial charge in [0.15, 0.2) is 0 Å². The zero-order valence-corrected chi connectivity index (χ0v) is 17.6. The van der Waals surface area contributed by atoms with Gasteiger partial charge in [0, 0.05) is 44.5 Å². The predicted octanol–water partition coefficient (Wildman–Crippen LogP) is 2.58. The lowest BCUT2D eigenvalue weighted by Crippen LogP contribution is -2.45. The van der Waals surface area contributed by atoms with Crippen LogP contribution in [0, 0.1) is 12.8 Å². The van der Waals surface area contributed by atoms with Gasteiger partial charge < -0.3 is 14.7 Å². The van der Waals surface area contributed by atoms with Crippen molar-refractivity contribution in [2.45, 2.75) is 51.5 Å². The van der Waals surface area contributed by atoms with Crippen molar-refractivity contribution in [2.24, 2.45) is 5.92 Å². The van der Waals surface area contributed by atoms with E-state index in [-0.39, 0.29) is 11.8 Å². The fourth-order valence-corrected chi connectivity index (χ4v) is 4.46. The van der Waals surface area contributed by atoms with Crippen molar-refractivity contribution in [1.29, 1.82) is 0 Å². The molecule has 1 atom stereocenters. The van der Waals surface area contributed by atoms with Gasteiger partial charge in [-0.1, -0.05) is 0 Å². The zero-order valence-electron chi connectivity index (χ0n) is 17.6. The largest absolute Gasteiger partial charge is 0.343 e. The summed E-state index contributed by atoms with van der Waals surface area (Å²) < 4.78 is 0. The number of pyridine rings is 1. The molecule has 2 saturated heterocycles. The Morgan fingerprint density at radius 2 is 1.96 bits per heavy atom. The summed E-state index contributed by atoms with van der Waals surface area (Å²) >= 11 is 0. The van der Waals surface area contributed by atoms with Gasteiger partial charge >= 0.3 is 0 Å². The lowest BCUT2D eigenvalue weighted by atomic mass is 9.92. The van der Waals surface area contributed by atoms with E-state index in [1.165, 1.54) is 0 Å². The number of likely N-dealkylation sites (tertiary alicyclic amines) is 2. The van der Waals surface area contributed by atoms with E-state index >= 15 is 0 Å². The second kappa shape index (κ2) is 9.50. The van der Waals surface area contributed by atoms with Crippen LogP contribution in [0.15, 0.2) is 18.3 Å². The molecule has 0 aliphatic carbocycles. The molecule has 6 heteroatoms. The summed E-state index contributed by atoms with van der Waals surface area (Å²) in [5, 5.41) is 0. The van der Waals surface area contributed by atoms with Crippen LogP contribution < -0.4 is 0 Å². The number of amides is 2. The fourth-order valence-electron chi connectivity index (χ4n) is 4.46. The minimum absolute atomic E-state index is 0.0741. The number of aryl methyl sites for hydroxylation is 1. The van der Waals surface area contributed by atoms with Crippen molar-refractivity contribution in [3.63, 3.8) is 0 Å². The molecule has 0 N–H and O–H groups in total. The molecule has 1 aromatic heterocycles. The Hall–Kier alpha value is -1.95. The van der Waals surface area contributed by atoms with E-state index in [0.717, 1.165) is 64.0 Å². The lowest BCUT2D eigenvalue weighted by Gasteiger charge is -2.36. The Morgan fingerprint density at radius 3 is 2.68 bits per heavy atom. The van der Waals surface area contributed by atoms with Gasteiger partial charge in [0.1, 0.15) is 0 Å². The SMILES string of the molecule is Cc1ncccc1C(=O)N1CCC[C@@H](CCC(=O)N(C)C2CCN(C)CC2)C1. The molecule has 3 rings (SSSR count). The zero-order chi connectivity index (χ0) is 20.1. The molecular weight excluding hydrogens is 352 g/mol. The highest BCUT2D eigenvalue weighted by Gasteiger charge is 2.28. The summed E-state index contributed by atoms with van der Waals surface area (Å²) in [6.07, 6.45) is 7.41. The van der Waals surface area contributed by atoms with Gasteiger partial charge in [-0.05, 0) is 77.2 Å². The normalized spacial score (nSPS) is 21.5. The highest BCUT2D eigenvalue weighted by molar-refractivity contribution is 5.95. The van der Waals surface area contributed by atoms with Crippen LogP contribution in [0.25, 0.3) is 0 Å². The second-order valence-corrected chi connectivity index (χ2v) is 8.47. The Balaban J connectivity index is 1.49. The number of rotatable bonds is 5. The van der Waals surface area contributed by atoms with Gasteiger partial charge in [-0.25, -0.2) is 0 Å². The monoisotopic (exact) mass is 386 g/mol. The van der Waals surface area contributed by atoms with E-state index < -0.39 is 0 Å². The van der Waals surface area contributed by atoms with Crippen molar-refractivity contribution in [3.05, 3.63) is 29.6 Å². The van der Waals surface area contributed by atoms with Crippen LogP contribution >= 0.6 is 0 Å². The van der Waals surface area contributed by atoms with E-state index in [4.69, 9.17) is 0 Å². The number of carbonyl (C=O) groups excluding carboxylic acids is 2. The van der Waals surface area contributed by atoms with Crippen molar-refractivity contribution >= 4 is 11.8 Å². The number of hydrogen-bond acceptors (Lipinski definition) is 4. The van der Waals surface area contributed by atoms with E-state index in [1.807, 2.05) is 35.9 Å². The maximum atomic E-state index is 12.9. The van der Waals surface area contributed by atoms with E-state index in [9.17, 15) is 9.59 Å². The maximum Gasteiger partial charge on any atom is 0.255 e. The fraction of sp³-hybridized carbons (Fsp3) is 0.682. The molecule has 2 aliphatic rings. The lowest BCUT2D eigenvalue weighted by molar-refractivity contribution is -0.133. The average Bonchev–Trinajstić information content (AvgIpc) is 2.72. The molecule has 28 heavy (non-hydrogen) atoms. The molecule has 0 unspecified atom stereocenters. The van der Waals surface area contributed by atoms with Gasteiger partial charge in [-0.3, -0.25) is 14.6 Å². The summed E-state index contributed by atoms with van der Waals surface area (Å²) in [5.41, 5.74) is 1.48. The molecule has 2 fully saturated rings. The Morgan fingerprint density at radius 1 is 1.21 bits per heavy atom. The predicted molar refractivity (Wildman–Crippen MR) is 110 cm³/mol. The molecule has 6 nitrogen and oxygen atoms in total. The smallest absolute Gasteiger partial charge is 0.255 e. The molecular formula is C22H34N4O2. The summed E-state index contributed by atoms with van der Waals surface area (Å²) in [4.78, 5) is 36.0. The minimum Gasteiger partial charge on any atom is -0.343 e. The van der Waals surface area contributed by atoms with Crippen molar-refractivity contribution in [2.75, 3.05) is 40.3 Å². The van der Waals surface area contributed by atoms with Crippen LogP contribution in [-0.2, 0) is 4.79 Å². The number of hydrogen-bond donors (Lipinski definition) is 0. The number of carbonyl (C=O) groups is 2. The van der Waals surface area contributed by atoms with Crippen LogP contribution in [-0.4, -0.2) is 77.8 Å². The summed E-state index contributed by atoms with van der Waals surface area (Å²) in [6.45, 7) is 5.56. The standard InChI is InChI=1S/C22H34N4O2/c1-17-20(7-4-12-23-17)22(28)26-13-5-6-18(16-26)8-9-21(27)25(3)19-10-14-24(2)15-11-19/h4,7,12,18-19H,5-6,8-11,13-16H2,1-3H3/t18-/m0/s1. The third kappa shape index (κ3) is 5.10. The van der Waals surface area contributed by atoms with Crippen molar-refractivity contribution < 1.29 is 9.59 Å². The summed E-state index contributed by atoms with van der Waals surface area (Å²) in [7, 11) is 4.10. The third-order valence-electron chi connectivity index (χ3n) is 6.44. The van der Waals surface area contributed by atoms with Gasteiger partial charge in [-0.15, -0.1) is 0 Å². The Bertz CT molecular complexity index is 685. The van der Waals surface area contributed by atoms with Crippen LogP contribution in [0.5, 0.6) is 0 Å². The maximum absolute atomic E-state index is 12.9. The molecule has 0 saturated carbocycles. The van der Waals surface area contributed by atoms with Gasteiger partial charge in [0.05, 0.1) is 5.56 Å². The van der Waals surface area contributed by atoms with Gasteiger partial charge in [-0.2, -0.15) is 0 Å². The van der Waals surface area contributed by atoms with Crippen LogP contribution in [0.4, 0.5) is 0 Å². The van der Waals surface area contributed by atoms with Crippen molar-refractivity contribution in [3.8, 4) is 0 Å². The van der Waals surface area contributed by atoms with Gasteiger partial charge in [0.25, 0.3) is 5.91 Å². The van der Waals surface area contributed by atoms with Crippen LogP contribution in [0.3, 0.4) is 0 Å². The molecule has 1 aromatic rings. The van der Waals surface area contributed by atoms with E-state index in [1.54, 1.807) is 6.20 Å². The van der Waals surface area contributed by atoms with Crippen LogP contribution in [0.2, 0.25) is 0 Å². The Kier molecular flexibility index (Phi) is 7.05. The first-order valence-corrected chi connectivity index (χ1v) is 10.6. The summed E-state index contributed by atoms with van der Waals surface area (Å²) in [6, 6.07) is 4.05. The molecule has 0 radical (unpaired) electrons. The second-order valence-electron chi connectivity index (χ2n) is 8.47. The first-order valence-electron chi connectivity index (χ1n) is 10.6. The third-order valence-corrected chi connectivity index (χ3v) is 6.44. The first-order chi connectivity index (χ1) is 13.5. The molecule has 0 spiro atoms. The highest BCUT2D eigenvalue weighted by atomic mass is 16.2. The first kappa shape index (κ1) is 20.8.